The molecular weight excluding hydrogens is 308 g/mol. The van der Waals surface area contributed by atoms with Gasteiger partial charge in [0.05, 0.1) is 5.69 Å². The summed E-state index contributed by atoms with van der Waals surface area (Å²) in [6.07, 6.45) is 2.94. The van der Waals surface area contributed by atoms with E-state index in [1.807, 2.05) is 36.5 Å². The molecular formula is C21H22N4. The van der Waals surface area contributed by atoms with E-state index in [-0.39, 0.29) is 0 Å². The summed E-state index contributed by atoms with van der Waals surface area (Å²) in [6, 6.07) is 18.7. The number of benzene rings is 2. The highest BCUT2D eigenvalue weighted by Gasteiger charge is 2.19. The van der Waals surface area contributed by atoms with Gasteiger partial charge in [0, 0.05) is 43.5 Å². The van der Waals surface area contributed by atoms with Crippen LogP contribution in [0.1, 0.15) is 22.4 Å². The normalized spacial score (nSPS) is 14.1. The van der Waals surface area contributed by atoms with E-state index in [0.717, 1.165) is 37.4 Å². The summed E-state index contributed by atoms with van der Waals surface area (Å²) < 4.78 is 0. The summed E-state index contributed by atoms with van der Waals surface area (Å²) in [6.45, 7) is 5.10. The Kier molecular flexibility index (Phi) is 4.44. The minimum atomic E-state index is 0.678. The fourth-order valence-corrected chi connectivity index (χ4v) is 3.25. The van der Waals surface area contributed by atoms with Crippen LogP contribution in [0.3, 0.4) is 0 Å². The van der Waals surface area contributed by atoms with Crippen LogP contribution in [-0.2, 0) is 19.5 Å². The Morgan fingerprint density at radius 2 is 1.84 bits per heavy atom. The number of aromatic nitrogens is 2. The smallest absolute Gasteiger partial charge is 0.227 e. The van der Waals surface area contributed by atoms with Crippen LogP contribution < -0.4 is 5.32 Å². The lowest BCUT2D eigenvalue weighted by Crippen LogP contribution is -2.31. The van der Waals surface area contributed by atoms with Crippen LogP contribution in [0.5, 0.6) is 0 Å². The molecule has 0 fully saturated rings. The summed E-state index contributed by atoms with van der Waals surface area (Å²) in [7, 11) is 0. The van der Waals surface area contributed by atoms with E-state index in [4.69, 9.17) is 4.98 Å². The Hall–Kier alpha value is -2.72. The van der Waals surface area contributed by atoms with E-state index in [0.29, 0.717) is 5.95 Å². The van der Waals surface area contributed by atoms with Crippen LogP contribution in [0.2, 0.25) is 0 Å². The van der Waals surface area contributed by atoms with Crippen LogP contribution in [0.25, 0.3) is 0 Å². The highest BCUT2D eigenvalue weighted by Crippen LogP contribution is 2.21. The molecule has 2 aromatic carbocycles. The predicted octanol–water partition coefficient (Wildman–Crippen LogP) is 4.09. The van der Waals surface area contributed by atoms with Crippen molar-refractivity contribution in [1.82, 2.24) is 14.9 Å². The highest BCUT2D eigenvalue weighted by atomic mass is 15.2. The monoisotopic (exact) mass is 330 g/mol. The van der Waals surface area contributed by atoms with Gasteiger partial charge in [0.25, 0.3) is 0 Å². The van der Waals surface area contributed by atoms with Crippen molar-refractivity contribution in [2.45, 2.75) is 26.4 Å². The minimum Gasteiger partial charge on any atom is -0.324 e. The van der Waals surface area contributed by atoms with Crippen molar-refractivity contribution < 1.29 is 0 Å². The Labute approximate surface area is 148 Å². The van der Waals surface area contributed by atoms with E-state index in [9.17, 15) is 0 Å². The van der Waals surface area contributed by atoms with Crippen LogP contribution in [0.15, 0.2) is 60.8 Å². The molecule has 1 aromatic heterocycles. The average Bonchev–Trinajstić information content (AvgIpc) is 2.65. The summed E-state index contributed by atoms with van der Waals surface area (Å²) >= 11 is 0. The van der Waals surface area contributed by atoms with Gasteiger partial charge in [-0.2, -0.15) is 0 Å². The van der Waals surface area contributed by atoms with Gasteiger partial charge in [-0.15, -0.1) is 0 Å². The number of rotatable bonds is 4. The second-order valence-electron chi connectivity index (χ2n) is 6.54. The van der Waals surface area contributed by atoms with Crippen LogP contribution in [-0.4, -0.2) is 21.4 Å². The first-order valence-electron chi connectivity index (χ1n) is 8.72. The van der Waals surface area contributed by atoms with E-state index < -0.39 is 0 Å². The Morgan fingerprint density at radius 3 is 2.68 bits per heavy atom. The average molecular weight is 330 g/mol. The first kappa shape index (κ1) is 15.8. The van der Waals surface area contributed by atoms with Gasteiger partial charge in [-0.1, -0.05) is 42.5 Å². The molecule has 4 nitrogen and oxygen atoms in total. The zero-order valence-corrected chi connectivity index (χ0v) is 14.4. The third-order valence-electron chi connectivity index (χ3n) is 4.70. The molecule has 126 valence electrons. The van der Waals surface area contributed by atoms with Gasteiger partial charge in [-0.25, -0.2) is 9.97 Å². The second kappa shape index (κ2) is 7.03. The van der Waals surface area contributed by atoms with Gasteiger partial charge in [0.15, 0.2) is 0 Å². The molecule has 0 spiro atoms. The van der Waals surface area contributed by atoms with Crippen LogP contribution in [0.4, 0.5) is 11.6 Å². The third-order valence-corrected chi connectivity index (χ3v) is 4.70. The van der Waals surface area contributed by atoms with E-state index in [1.54, 1.807) is 0 Å². The lowest BCUT2D eigenvalue weighted by atomic mass is 10.0. The van der Waals surface area contributed by atoms with Gasteiger partial charge in [0.1, 0.15) is 0 Å². The fraction of sp³-hybridized carbons (Fsp3) is 0.238. The number of nitrogens with zero attached hydrogens (tertiary/aromatic N) is 3. The molecule has 3 aromatic rings. The molecule has 0 atom stereocenters. The number of nitrogens with one attached hydrogen (secondary N) is 1. The zero-order chi connectivity index (χ0) is 17.1. The Bertz CT molecular complexity index is 861. The largest absolute Gasteiger partial charge is 0.324 e. The van der Waals surface area contributed by atoms with Crippen molar-refractivity contribution in [3.8, 4) is 0 Å². The molecule has 1 aliphatic heterocycles. The molecule has 25 heavy (non-hydrogen) atoms. The van der Waals surface area contributed by atoms with Crippen molar-refractivity contribution in [3.05, 3.63) is 83.2 Å². The number of anilines is 2. The summed E-state index contributed by atoms with van der Waals surface area (Å²) in [4.78, 5) is 11.7. The number of hydrogen-bond acceptors (Lipinski definition) is 4. The van der Waals surface area contributed by atoms with Crippen LogP contribution in [0, 0.1) is 6.92 Å². The number of aryl methyl sites for hydroxylation is 1. The van der Waals surface area contributed by atoms with Crippen LogP contribution >= 0.6 is 0 Å². The lowest BCUT2D eigenvalue weighted by Gasteiger charge is -2.28. The maximum Gasteiger partial charge on any atom is 0.227 e. The van der Waals surface area contributed by atoms with E-state index in [1.165, 1.54) is 16.7 Å². The molecule has 0 bridgehead atoms. The summed E-state index contributed by atoms with van der Waals surface area (Å²) in [5.41, 5.74) is 6.16. The van der Waals surface area contributed by atoms with Gasteiger partial charge < -0.3 is 5.32 Å². The molecule has 0 aliphatic carbocycles. The van der Waals surface area contributed by atoms with Crippen molar-refractivity contribution in [3.63, 3.8) is 0 Å². The molecule has 0 amide bonds. The minimum absolute atomic E-state index is 0.678. The molecule has 0 radical (unpaired) electrons. The van der Waals surface area contributed by atoms with Crippen molar-refractivity contribution >= 4 is 11.6 Å². The first-order valence-corrected chi connectivity index (χ1v) is 8.72. The standard InChI is InChI=1S/C21H22N4/c1-16-7-5-6-8-17(16)14-25-12-11-20-18(15-25)13-22-21(24-20)23-19-9-3-2-4-10-19/h2-10,13H,11-12,14-15H2,1H3,(H,22,23,24). The molecule has 0 saturated heterocycles. The van der Waals surface area contributed by atoms with Gasteiger partial charge in [-0.05, 0) is 30.2 Å². The topological polar surface area (TPSA) is 41.1 Å². The van der Waals surface area contributed by atoms with Gasteiger partial charge in [-0.3, -0.25) is 4.90 Å². The van der Waals surface area contributed by atoms with E-state index >= 15 is 0 Å². The SMILES string of the molecule is Cc1ccccc1CN1CCc2nc(Nc3ccccc3)ncc2C1. The van der Waals surface area contributed by atoms with Crippen molar-refractivity contribution in [2.24, 2.45) is 0 Å². The Balaban J connectivity index is 1.46. The second-order valence-corrected chi connectivity index (χ2v) is 6.54. The fourth-order valence-electron chi connectivity index (χ4n) is 3.25. The van der Waals surface area contributed by atoms with Gasteiger partial charge in [0.2, 0.25) is 5.95 Å². The first-order chi connectivity index (χ1) is 12.3. The molecule has 2 heterocycles. The van der Waals surface area contributed by atoms with Gasteiger partial charge >= 0.3 is 0 Å². The third kappa shape index (κ3) is 3.69. The predicted molar refractivity (Wildman–Crippen MR) is 101 cm³/mol. The molecule has 0 unspecified atom stereocenters. The zero-order valence-electron chi connectivity index (χ0n) is 14.4. The summed E-state index contributed by atoms with van der Waals surface area (Å²) in [5.74, 6) is 0.678. The summed E-state index contributed by atoms with van der Waals surface area (Å²) in [5, 5.41) is 3.28. The molecule has 4 rings (SSSR count). The number of para-hydroxylation sites is 1. The Morgan fingerprint density at radius 1 is 1.04 bits per heavy atom. The maximum atomic E-state index is 4.72. The number of hydrogen-bond donors (Lipinski definition) is 1. The maximum absolute atomic E-state index is 4.72. The highest BCUT2D eigenvalue weighted by molar-refractivity contribution is 5.52. The van der Waals surface area contributed by atoms with Crippen molar-refractivity contribution in [2.75, 3.05) is 11.9 Å². The number of fused-ring (bicyclic) bond motifs is 1. The van der Waals surface area contributed by atoms with Crippen molar-refractivity contribution in [1.29, 1.82) is 0 Å². The quantitative estimate of drug-likeness (QED) is 0.782. The molecule has 0 saturated carbocycles. The molecule has 4 heteroatoms. The molecule has 1 N–H and O–H groups in total. The lowest BCUT2D eigenvalue weighted by molar-refractivity contribution is 0.242. The molecule has 1 aliphatic rings. The van der Waals surface area contributed by atoms with E-state index in [2.05, 4.69) is 46.4 Å².